The van der Waals surface area contributed by atoms with Crippen LogP contribution in [0.5, 0.6) is 0 Å². The first-order valence-corrected chi connectivity index (χ1v) is 11.1. The lowest BCUT2D eigenvalue weighted by Crippen LogP contribution is -2.49. The highest BCUT2D eigenvalue weighted by Crippen LogP contribution is 2.39. The number of imide groups is 1. The number of carbonyl (C=O) groups excluding carboxylic acids is 2. The van der Waals surface area contributed by atoms with Gasteiger partial charge in [-0.3, -0.25) is 14.9 Å². The molecule has 0 aromatic carbocycles. The first-order chi connectivity index (χ1) is 11.1. The fraction of sp³-hybridized carbons (Fsp3) is 0.688. The summed E-state index contributed by atoms with van der Waals surface area (Å²) in [5, 5.41) is 25.7. The number of aliphatic hydroxyl groups is 2. The Morgan fingerprint density at radius 1 is 1.33 bits per heavy atom. The van der Waals surface area contributed by atoms with Crippen molar-refractivity contribution in [3.63, 3.8) is 0 Å². The summed E-state index contributed by atoms with van der Waals surface area (Å²) < 4.78 is 5.81. The quantitative estimate of drug-likeness (QED) is 0.358. The van der Waals surface area contributed by atoms with Crippen LogP contribution < -0.4 is 10.6 Å². The molecule has 0 aromatic rings. The number of hydrogen-bond donors (Lipinski definition) is 4. The van der Waals surface area contributed by atoms with Crippen molar-refractivity contribution in [3.05, 3.63) is 11.6 Å². The van der Waals surface area contributed by atoms with Crippen molar-refractivity contribution in [2.45, 2.75) is 30.8 Å². The monoisotopic (exact) mass is 358 g/mol. The standard InChI is InChI=1S/C16H27N2O5P/c1-17-8-9-7-10(16(22)18-15(9)21)14-13(20)12(19)11(23-14)5-6-24(2,3)4/h7,10-14,17,19-20H,2,5-6,8H2,1,3-4H3,(H,18,21,22)/t10-,11+,12+,13+,14?/m0/s1. The second kappa shape index (κ2) is 7.50. The molecular weight excluding hydrogens is 331 g/mol. The van der Waals surface area contributed by atoms with Gasteiger partial charge in [-0.25, -0.2) is 0 Å². The second-order valence-corrected chi connectivity index (χ2v) is 11.5. The number of rotatable bonds is 6. The topological polar surface area (TPSA) is 108 Å². The van der Waals surface area contributed by atoms with E-state index in [1.807, 2.05) is 0 Å². The smallest absolute Gasteiger partial charge is 0.254 e. The number of carbonyl (C=O) groups is 2. The van der Waals surface area contributed by atoms with E-state index in [0.29, 0.717) is 18.5 Å². The van der Waals surface area contributed by atoms with Crippen molar-refractivity contribution in [2.75, 3.05) is 33.1 Å². The molecular formula is C16H27N2O5P. The van der Waals surface area contributed by atoms with E-state index in [2.05, 4.69) is 30.3 Å². The van der Waals surface area contributed by atoms with Crippen molar-refractivity contribution in [3.8, 4) is 0 Å². The molecule has 1 saturated heterocycles. The van der Waals surface area contributed by atoms with E-state index in [1.165, 1.54) is 6.08 Å². The van der Waals surface area contributed by atoms with Gasteiger partial charge < -0.3 is 20.3 Å². The van der Waals surface area contributed by atoms with E-state index in [9.17, 15) is 19.8 Å². The number of aliphatic hydroxyl groups excluding tert-OH is 2. The van der Waals surface area contributed by atoms with Crippen molar-refractivity contribution >= 4 is 25.0 Å². The van der Waals surface area contributed by atoms with Crippen LogP contribution in [0.15, 0.2) is 11.6 Å². The maximum absolute atomic E-state index is 12.1. The zero-order valence-electron chi connectivity index (χ0n) is 14.4. The molecule has 2 rings (SSSR count). The third-order valence-corrected chi connectivity index (χ3v) is 5.82. The average Bonchev–Trinajstić information content (AvgIpc) is 2.75. The number of ether oxygens (including phenoxy) is 1. The fourth-order valence-corrected chi connectivity index (χ4v) is 3.96. The minimum Gasteiger partial charge on any atom is -0.388 e. The number of nitrogens with one attached hydrogen (secondary N) is 2. The van der Waals surface area contributed by atoms with Gasteiger partial charge in [0.1, 0.15) is 18.3 Å². The van der Waals surface area contributed by atoms with Crippen molar-refractivity contribution in [1.82, 2.24) is 10.6 Å². The van der Waals surface area contributed by atoms with Gasteiger partial charge >= 0.3 is 0 Å². The average molecular weight is 358 g/mol. The summed E-state index contributed by atoms with van der Waals surface area (Å²) in [6.45, 7) is 3.22. The molecule has 2 aliphatic rings. The van der Waals surface area contributed by atoms with E-state index in [0.717, 1.165) is 6.16 Å². The Hall–Kier alpha value is -0.980. The van der Waals surface area contributed by atoms with E-state index in [4.69, 9.17) is 4.74 Å². The summed E-state index contributed by atoms with van der Waals surface area (Å²) >= 11 is 0. The summed E-state index contributed by atoms with van der Waals surface area (Å²) in [5.41, 5.74) is 0.417. The Balaban J connectivity index is 2.14. The van der Waals surface area contributed by atoms with E-state index < -0.39 is 49.0 Å². The molecule has 24 heavy (non-hydrogen) atoms. The molecule has 0 saturated carbocycles. The molecule has 0 bridgehead atoms. The van der Waals surface area contributed by atoms with Gasteiger partial charge in [0.05, 0.1) is 12.0 Å². The van der Waals surface area contributed by atoms with E-state index in [-0.39, 0.29) is 0 Å². The Kier molecular flexibility index (Phi) is 6.04. The molecule has 0 aliphatic carbocycles. The van der Waals surface area contributed by atoms with Crippen LogP contribution in [-0.4, -0.2) is 85.8 Å². The van der Waals surface area contributed by atoms with Crippen LogP contribution in [0.25, 0.3) is 0 Å². The summed E-state index contributed by atoms with van der Waals surface area (Å²) in [4.78, 5) is 23.9. The molecule has 2 heterocycles. The summed E-state index contributed by atoms with van der Waals surface area (Å²) in [6, 6.07) is 0. The Labute approximate surface area is 142 Å². The SMILES string of the molecule is C=P(C)(C)CC[C@H]1OC([C@@H]2C=C(CNC)C(=O)NC2=O)[C@H](O)[C@@H]1O. The number of likely N-dealkylation sites (N-methyl/N-ethyl adjacent to an activating group) is 1. The molecule has 1 fully saturated rings. The van der Waals surface area contributed by atoms with Gasteiger partial charge in [0.2, 0.25) is 5.91 Å². The third-order valence-electron chi connectivity index (χ3n) is 4.35. The van der Waals surface area contributed by atoms with Crippen LogP contribution in [0.4, 0.5) is 0 Å². The summed E-state index contributed by atoms with van der Waals surface area (Å²) in [7, 11) is 1.70. The maximum atomic E-state index is 12.1. The zero-order chi connectivity index (χ0) is 18.1. The summed E-state index contributed by atoms with van der Waals surface area (Å²) in [6.07, 6.45) is 3.45. The molecule has 2 amide bonds. The van der Waals surface area contributed by atoms with Crippen LogP contribution in [0.1, 0.15) is 6.42 Å². The number of hydrogen-bond acceptors (Lipinski definition) is 6. The molecule has 136 valence electrons. The maximum Gasteiger partial charge on any atom is 0.254 e. The summed E-state index contributed by atoms with van der Waals surface area (Å²) in [5.74, 6) is -1.76. The third kappa shape index (κ3) is 4.35. The van der Waals surface area contributed by atoms with Crippen LogP contribution in [-0.2, 0) is 14.3 Å². The highest BCUT2D eigenvalue weighted by molar-refractivity contribution is 7.72. The zero-order valence-corrected chi connectivity index (χ0v) is 15.3. The predicted octanol–water partition coefficient (Wildman–Crippen LogP) is -1.01. The van der Waals surface area contributed by atoms with E-state index in [1.54, 1.807) is 7.05 Å². The largest absolute Gasteiger partial charge is 0.388 e. The second-order valence-electron chi connectivity index (χ2n) is 7.13. The Bertz CT molecular complexity index is 585. The Morgan fingerprint density at radius 2 is 2.00 bits per heavy atom. The van der Waals surface area contributed by atoms with Gasteiger partial charge in [-0.2, -0.15) is 0 Å². The molecule has 0 aromatic heterocycles. The Morgan fingerprint density at radius 3 is 2.58 bits per heavy atom. The normalized spacial score (nSPS) is 34.2. The lowest BCUT2D eigenvalue weighted by atomic mass is 9.90. The van der Waals surface area contributed by atoms with Gasteiger partial charge in [0.25, 0.3) is 5.91 Å². The van der Waals surface area contributed by atoms with Crippen molar-refractivity contribution in [2.24, 2.45) is 5.92 Å². The first kappa shape index (κ1) is 19.3. The van der Waals surface area contributed by atoms with Crippen molar-refractivity contribution in [1.29, 1.82) is 0 Å². The first-order valence-electron chi connectivity index (χ1n) is 8.03. The van der Waals surface area contributed by atoms with Gasteiger partial charge in [-0.1, -0.05) is 6.08 Å². The molecule has 2 aliphatic heterocycles. The minimum absolute atomic E-state index is 0.310. The predicted molar refractivity (Wildman–Crippen MR) is 94.7 cm³/mol. The molecule has 0 spiro atoms. The van der Waals surface area contributed by atoms with Crippen LogP contribution in [0, 0.1) is 5.92 Å². The highest BCUT2D eigenvalue weighted by Gasteiger charge is 2.48. The van der Waals surface area contributed by atoms with Gasteiger partial charge in [-0.05, 0) is 33.0 Å². The van der Waals surface area contributed by atoms with Gasteiger partial charge in [-0.15, -0.1) is 13.2 Å². The van der Waals surface area contributed by atoms with Crippen LogP contribution in [0.2, 0.25) is 0 Å². The van der Waals surface area contributed by atoms with Gasteiger partial charge in [0.15, 0.2) is 0 Å². The molecule has 0 radical (unpaired) electrons. The van der Waals surface area contributed by atoms with Crippen LogP contribution in [0.3, 0.4) is 0 Å². The lowest BCUT2D eigenvalue weighted by Gasteiger charge is -2.26. The molecule has 1 unspecified atom stereocenters. The van der Waals surface area contributed by atoms with Crippen LogP contribution >= 0.6 is 6.89 Å². The van der Waals surface area contributed by atoms with Gasteiger partial charge in [0, 0.05) is 12.1 Å². The fourth-order valence-electron chi connectivity index (χ4n) is 3.01. The lowest BCUT2D eigenvalue weighted by molar-refractivity contribution is -0.136. The van der Waals surface area contributed by atoms with E-state index >= 15 is 0 Å². The molecule has 4 N–H and O–H groups in total. The minimum atomic E-state index is -1.27. The number of amides is 2. The highest BCUT2D eigenvalue weighted by atomic mass is 31.2. The van der Waals surface area contributed by atoms with Crippen molar-refractivity contribution < 1.29 is 24.5 Å². The molecule has 8 heteroatoms. The molecule has 7 nitrogen and oxygen atoms in total. The molecule has 5 atom stereocenters.